The lowest BCUT2D eigenvalue weighted by atomic mass is 9.85. The van der Waals surface area contributed by atoms with E-state index in [1.54, 1.807) is 17.0 Å². The third-order valence-electron chi connectivity index (χ3n) is 6.42. The van der Waals surface area contributed by atoms with E-state index in [4.69, 9.17) is 9.47 Å². The average molecular weight is 499 g/mol. The summed E-state index contributed by atoms with van der Waals surface area (Å²) in [6.45, 7) is 6.66. The molecule has 2 N–H and O–H groups in total. The number of carbonyl (C=O) groups is 1. The first kappa shape index (κ1) is 27.3. The topological polar surface area (TPSA) is 71.0 Å². The van der Waals surface area contributed by atoms with Gasteiger partial charge >= 0.3 is 6.09 Å². The van der Waals surface area contributed by atoms with Crippen molar-refractivity contribution >= 4 is 11.7 Å². The molecule has 1 heterocycles. The van der Waals surface area contributed by atoms with Gasteiger partial charge in [0.05, 0.1) is 13.2 Å². The zero-order chi connectivity index (χ0) is 25.6. The van der Waals surface area contributed by atoms with Crippen molar-refractivity contribution in [2.24, 2.45) is 11.8 Å². The van der Waals surface area contributed by atoms with Gasteiger partial charge in [-0.3, -0.25) is 5.32 Å². The number of ether oxygens (including phenoxy) is 2. The molecule has 0 bridgehead atoms. The second-order valence-corrected chi connectivity index (χ2v) is 10.4. The Morgan fingerprint density at radius 1 is 1.23 bits per heavy atom. The summed E-state index contributed by atoms with van der Waals surface area (Å²) in [6.07, 6.45) is 1.30. The van der Waals surface area contributed by atoms with Gasteiger partial charge < -0.3 is 19.5 Å². The van der Waals surface area contributed by atoms with E-state index in [1.807, 2.05) is 26.8 Å². The van der Waals surface area contributed by atoms with E-state index in [0.717, 1.165) is 18.4 Å². The molecule has 35 heavy (non-hydrogen) atoms. The third kappa shape index (κ3) is 8.42. The van der Waals surface area contributed by atoms with Crippen molar-refractivity contribution in [2.45, 2.75) is 71.1 Å². The van der Waals surface area contributed by atoms with Crippen LogP contribution in [0.25, 0.3) is 5.57 Å². The standard InChI is InChI=1S/C26H37F3N2O4/c1-26(2,3)35-25(33)31-12-10-17(11-13-31)16-34-20-8-9-21(22(27)14-20)18-4-6-19(7-5-18)24(32)30-15-23(28)29/h4,8-9,14,17,19,23-24,30,32H,5-7,10-13,15-16H2,1-3H3. The maximum Gasteiger partial charge on any atom is 0.410 e. The number of benzene rings is 1. The molecule has 3 rings (SSSR count). The van der Waals surface area contributed by atoms with Crippen LogP contribution in [-0.2, 0) is 4.74 Å². The Morgan fingerprint density at radius 2 is 1.94 bits per heavy atom. The number of allylic oxidation sites excluding steroid dienone is 2. The third-order valence-corrected chi connectivity index (χ3v) is 6.42. The number of nitrogens with zero attached hydrogens (tertiary/aromatic N) is 1. The maximum atomic E-state index is 14.8. The summed E-state index contributed by atoms with van der Waals surface area (Å²) >= 11 is 0. The fraction of sp³-hybridized carbons (Fsp3) is 0.654. The molecule has 1 fully saturated rings. The minimum Gasteiger partial charge on any atom is -0.493 e. The summed E-state index contributed by atoms with van der Waals surface area (Å²) in [4.78, 5) is 13.9. The van der Waals surface area contributed by atoms with Gasteiger partial charge in [0.25, 0.3) is 6.43 Å². The van der Waals surface area contributed by atoms with Gasteiger partial charge in [-0.05, 0) is 76.5 Å². The molecule has 2 unspecified atom stereocenters. The number of hydrogen-bond acceptors (Lipinski definition) is 5. The largest absolute Gasteiger partial charge is 0.493 e. The summed E-state index contributed by atoms with van der Waals surface area (Å²) in [5.41, 5.74) is 0.829. The number of aliphatic hydroxyl groups excluding tert-OH is 1. The average Bonchev–Trinajstić information content (AvgIpc) is 2.80. The predicted molar refractivity (Wildman–Crippen MR) is 128 cm³/mol. The first-order valence-corrected chi connectivity index (χ1v) is 12.3. The highest BCUT2D eigenvalue weighted by Gasteiger charge is 2.27. The summed E-state index contributed by atoms with van der Waals surface area (Å²) in [5, 5.41) is 12.5. The van der Waals surface area contributed by atoms with Crippen LogP contribution < -0.4 is 10.1 Å². The number of alkyl halides is 2. The number of likely N-dealkylation sites (tertiary alicyclic amines) is 1. The van der Waals surface area contributed by atoms with Gasteiger partial charge in [0, 0.05) is 30.6 Å². The lowest BCUT2D eigenvalue weighted by Crippen LogP contribution is -2.42. The van der Waals surface area contributed by atoms with Crippen LogP contribution >= 0.6 is 0 Å². The normalized spacial score (nSPS) is 20.5. The Bertz CT molecular complexity index is 880. The number of piperidine rings is 1. The van der Waals surface area contributed by atoms with Crippen molar-refractivity contribution in [1.82, 2.24) is 10.2 Å². The van der Waals surface area contributed by atoms with Crippen molar-refractivity contribution in [3.63, 3.8) is 0 Å². The molecule has 6 nitrogen and oxygen atoms in total. The number of rotatable bonds is 8. The fourth-order valence-corrected chi connectivity index (χ4v) is 4.43. The minimum absolute atomic E-state index is 0.176. The fourth-order valence-electron chi connectivity index (χ4n) is 4.43. The number of carbonyl (C=O) groups excluding carboxylic acids is 1. The molecule has 0 spiro atoms. The van der Waals surface area contributed by atoms with Crippen LogP contribution in [0.15, 0.2) is 24.3 Å². The van der Waals surface area contributed by atoms with Crippen LogP contribution in [0.3, 0.4) is 0 Å². The van der Waals surface area contributed by atoms with Gasteiger partial charge in [-0.2, -0.15) is 0 Å². The maximum absolute atomic E-state index is 14.8. The predicted octanol–water partition coefficient (Wildman–Crippen LogP) is 5.21. The van der Waals surface area contributed by atoms with Crippen LogP contribution in [0.5, 0.6) is 5.75 Å². The summed E-state index contributed by atoms with van der Waals surface area (Å²) < 4.78 is 50.7. The molecule has 1 amide bonds. The van der Waals surface area contributed by atoms with Crippen molar-refractivity contribution < 1.29 is 32.5 Å². The molecule has 2 atom stereocenters. The second-order valence-electron chi connectivity index (χ2n) is 10.4. The number of hydrogen-bond donors (Lipinski definition) is 2. The van der Waals surface area contributed by atoms with Gasteiger partial charge in [0.1, 0.15) is 23.4 Å². The summed E-state index contributed by atoms with van der Waals surface area (Å²) in [6, 6.07) is 4.84. The summed E-state index contributed by atoms with van der Waals surface area (Å²) in [5.74, 6) is 0.189. The molecule has 1 aliphatic carbocycles. The molecule has 1 aliphatic heterocycles. The van der Waals surface area contributed by atoms with Gasteiger partial charge in [-0.1, -0.05) is 6.08 Å². The van der Waals surface area contributed by atoms with Crippen LogP contribution in [0.4, 0.5) is 18.0 Å². The molecule has 0 aromatic heterocycles. The van der Waals surface area contributed by atoms with Gasteiger partial charge in [-0.15, -0.1) is 0 Å². The highest BCUT2D eigenvalue weighted by Crippen LogP contribution is 2.34. The molecular weight excluding hydrogens is 461 g/mol. The molecule has 196 valence electrons. The van der Waals surface area contributed by atoms with E-state index >= 15 is 0 Å². The van der Waals surface area contributed by atoms with Crippen LogP contribution in [-0.4, -0.2) is 60.6 Å². The summed E-state index contributed by atoms with van der Waals surface area (Å²) in [7, 11) is 0. The Kier molecular flexibility index (Phi) is 9.47. The number of amides is 1. The smallest absolute Gasteiger partial charge is 0.410 e. The van der Waals surface area contributed by atoms with Gasteiger partial charge in [0.15, 0.2) is 0 Å². The zero-order valence-electron chi connectivity index (χ0n) is 20.7. The van der Waals surface area contributed by atoms with Gasteiger partial charge in [-0.25, -0.2) is 18.0 Å². The van der Waals surface area contributed by atoms with Gasteiger partial charge in [0.2, 0.25) is 0 Å². The van der Waals surface area contributed by atoms with E-state index < -0.39 is 24.8 Å². The lowest BCUT2D eigenvalue weighted by Gasteiger charge is -2.33. The molecule has 9 heteroatoms. The molecule has 0 saturated carbocycles. The Hall–Kier alpha value is -2.26. The van der Waals surface area contributed by atoms with Crippen molar-refractivity contribution in [1.29, 1.82) is 0 Å². The molecular formula is C26H37F3N2O4. The van der Waals surface area contributed by atoms with E-state index in [-0.39, 0.29) is 23.7 Å². The monoisotopic (exact) mass is 498 g/mol. The molecule has 0 radical (unpaired) electrons. The molecule has 1 aromatic rings. The Morgan fingerprint density at radius 3 is 2.51 bits per heavy atom. The number of aliphatic hydroxyl groups is 1. The molecule has 1 aromatic carbocycles. The van der Waals surface area contributed by atoms with E-state index in [0.29, 0.717) is 50.3 Å². The first-order chi connectivity index (χ1) is 16.5. The quantitative estimate of drug-likeness (QED) is 0.482. The van der Waals surface area contributed by atoms with Crippen molar-refractivity contribution in [2.75, 3.05) is 26.2 Å². The SMILES string of the molecule is CC(C)(C)OC(=O)N1CCC(COc2ccc(C3=CCC(C(O)NCC(F)F)CC3)c(F)c2)CC1. The molecule has 1 saturated heterocycles. The lowest BCUT2D eigenvalue weighted by molar-refractivity contribution is 0.0164. The van der Waals surface area contributed by atoms with Crippen molar-refractivity contribution in [3.8, 4) is 5.75 Å². The number of halogens is 3. The minimum atomic E-state index is -2.51. The molecule has 2 aliphatic rings. The van der Waals surface area contributed by atoms with E-state index in [2.05, 4.69) is 5.32 Å². The van der Waals surface area contributed by atoms with Crippen LogP contribution in [0.1, 0.15) is 58.4 Å². The highest BCUT2D eigenvalue weighted by atomic mass is 19.3. The zero-order valence-corrected chi connectivity index (χ0v) is 20.7. The second kappa shape index (κ2) is 12.1. The van der Waals surface area contributed by atoms with Crippen LogP contribution in [0.2, 0.25) is 0 Å². The van der Waals surface area contributed by atoms with E-state index in [9.17, 15) is 23.1 Å². The Labute approximate surface area is 205 Å². The van der Waals surface area contributed by atoms with Crippen molar-refractivity contribution in [3.05, 3.63) is 35.7 Å². The number of nitrogens with one attached hydrogen (secondary N) is 1. The van der Waals surface area contributed by atoms with Crippen LogP contribution in [0, 0.1) is 17.7 Å². The first-order valence-electron chi connectivity index (χ1n) is 12.3. The highest BCUT2D eigenvalue weighted by molar-refractivity contribution is 5.68. The van der Waals surface area contributed by atoms with E-state index in [1.165, 1.54) is 6.07 Å². The Balaban J connectivity index is 1.46.